The number of aromatic nitrogens is 4. The van der Waals surface area contributed by atoms with Crippen LogP contribution in [0.2, 0.25) is 0 Å². The summed E-state index contributed by atoms with van der Waals surface area (Å²) in [5.41, 5.74) is 3.54. The Hall–Kier alpha value is -3.23. The predicted molar refractivity (Wildman–Crippen MR) is 124 cm³/mol. The quantitative estimate of drug-likeness (QED) is 0.266. The lowest BCUT2D eigenvalue weighted by molar-refractivity contribution is 0.391. The molecule has 154 valence electrons. The zero-order valence-corrected chi connectivity index (χ0v) is 18.5. The smallest absolute Gasteiger partial charge is 0.266 e. The molecule has 0 radical (unpaired) electrons. The van der Waals surface area contributed by atoms with E-state index in [4.69, 9.17) is 9.51 Å². The number of para-hydroxylation sites is 1. The van der Waals surface area contributed by atoms with Crippen molar-refractivity contribution < 1.29 is 4.52 Å². The van der Waals surface area contributed by atoms with Crippen LogP contribution in [0.3, 0.4) is 0 Å². The van der Waals surface area contributed by atoms with Crippen LogP contribution in [0.25, 0.3) is 27.3 Å². The highest BCUT2D eigenvalue weighted by molar-refractivity contribution is 7.98. The summed E-state index contributed by atoms with van der Waals surface area (Å²) in [7, 11) is 0. The first-order valence-corrected chi connectivity index (χ1v) is 11.5. The van der Waals surface area contributed by atoms with Crippen LogP contribution >= 0.6 is 23.1 Å². The van der Waals surface area contributed by atoms with Gasteiger partial charge in [-0.1, -0.05) is 41.2 Å². The van der Waals surface area contributed by atoms with Crippen LogP contribution in [-0.2, 0) is 5.75 Å². The van der Waals surface area contributed by atoms with Crippen LogP contribution in [0.4, 0.5) is 0 Å². The number of aryl methyl sites for hydroxylation is 2. The minimum atomic E-state index is -0.0945. The average molecular weight is 447 g/mol. The second-order valence-corrected chi connectivity index (χ2v) is 9.07. The van der Waals surface area contributed by atoms with Crippen LogP contribution in [0.1, 0.15) is 17.0 Å². The Morgan fingerprint density at radius 2 is 1.84 bits per heavy atom. The summed E-state index contributed by atoms with van der Waals surface area (Å²) in [4.78, 5) is 23.6. The van der Waals surface area contributed by atoms with Crippen LogP contribution in [-0.4, -0.2) is 19.7 Å². The number of rotatable bonds is 5. The monoisotopic (exact) mass is 446 g/mol. The van der Waals surface area contributed by atoms with Gasteiger partial charge in [-0.15, -0.1) is 11.3 Å². The number of benzene rings is 2. The maximum absolute atomic E-state index is 13.4. The maximum Gasteiger partial charge on any atom is 0.266 e. The van der Waals surface area contributed by atoms with Crippen LogP contribution in [0.15, 0.2) is 74.5 Å². The fraction of sp³-hybridized carbons (Fsp3) is 0.130. The van der Waals surface area contributed by atoms with E-state index >= 15 is 0 Å². The molecule has 0 aliphatic rings. The highest BCUT2D eigenvalue weighted by atomic mass is 32.2. The second-order valence-electron chi connectivity index (χ2n) is 7.18. The van der Waals surface area contributed by atoms with E-state index in [0.717, 1.165) is 21.7 Å². The highest BCUT2D eigenvalue weighted by Gasteiger charge is 2.16. The molecule has 0 aliphatic heterocycles. The Balaban J connectivity index is 1.56. The molecule has 31 heavy (non-hydrogen) atoms. The van der Waals surface area contributed by atoms with Gasteiger partial charge in [-0.05, 0) is 60.7 Å². The molecule has 5 rings (SSSR count). The van der Waals surface area contributed by atoms with E-state index in [1.807, 2.05) is 67.8 Å². The fourth-order valence-electron chi connectivity index (χ4n) is 3.46. The van der Waals surface area contributed by atoms with Crippen molar-refractivity contribution in [2.75, 3.05) is 0 Å². The van der Waals surface area contributed by atoms with E-state index in [1.165, 1.54) is 11.8 Å². The van der Waals surface area contributed by atoms with E-state index < -0.39 is 0 Å². The van der Waals surface area contributed by atoms with Gasteiger partial charge in [0.15, 0.2) is 5.16 Å². The first-order chi connectivity index (χ1) is 15.1. The lowest BCUT2D eigenvalue weighted by atomic mass is 10.1. The molecule has 0 saturated heterocycles. The largest absolute Gasteiger partial charge is 0.338 e. The average Bonchev–Trinajstić information content (AvgIpc) is 3.43. The molecule has 0 N–H and O–H groups in total. The zero-order chi connectivity index (χ0) is 21.4. The maximum atomic E-state index is 13.4. The minimum Gasteiger partial charge on any atom is -0.338 e. The summed E-state index contributed by atoms with van der Waals surface area (Å²) in [5, 5.41) is 7.21. The minimum absolute atomic E-state index is 0.0945. The van der Waals surface area contributed by atoms with Crippen molar-refractivity contribution in [2.24, 2.45) is 0 Å². The molecular weight excluding hydrogens is 428 g/mol. The molecule has 6 nitrogen and oxygen atoms in total. The van der Waals surface area contributed by atoms with Crippen LogP contribution in [0.5, 0.6) is 0 Å². The Kier molecular flexibility index (Phi) is 5.17. The van der Waals surface area contributed by atoms with Crippen molar-refractivity contribution in [3.63, 3.8) is 0 Å². The van der Waals surface area contributed by atoms with Crippen molar-refractivity contribution in [1.29, 1.82) is 0 Å². The number of thiophene rings is 1. The molecule has 0 unspecified atom stereocenters. The Morgan fingerprint density at radius 1 is 1.03 bits per heavy atom. The molecule has 2 aromatic carbocycles. The summed E-state index contributed by atoms with van der Waals surface area (Å²) in [6.45, 7) is 4.04. The first-order valence-electron chi connectivity index (χ1n) is 9.68. The van der Waals surface area contributed by atoms with Crippen molar-refractivity contribution in [1.82, 2.24) is 19.7 Å². The third-order valence-corrected chi connectivity index (χ3v) is 6.53. The summed E-state index contributed by atoms with van der Waals surface area (Å²) in [6.07, 6.45) is 0. The van der Waals surface area contributed by atoms with E-state index in [2.05, 4.69) is 16.2 Å². The molecule has 0 aliphatic carbocycles. The standard InChI is InChI=1S/C23H18N4O2S2/c1-14-10-15(2)12-16(11-14)27-22(28)17-6-3-4-7-18(17)24-23(27)31-13-20-25-21(26-29-20)19-8-5-9-30-19/h3-12H,13H2,1-2H3. The number of hydrogen-bond acceptors (Lipinski definition) is 7. The van der Waals surface area contributed by atoms with Gasteiger partial charge in [-0.2, -0.15) is 4.98 Å². The van der Waals surface area contributed by atoms with Gasteiger partial charge in [0.05, 0.1) is 27.2 Å². The summed E-state index contributed by atoms with van der Waals surface area (Å²) in [5.74, 6) is 1.47. The van der Waals surface area contributed by atoms with Gasteiger partial charge in [0, 0.05) is 0 Å². The number of hydrogen-bond donors (Lipinski definition) is 0. The van der Waals surface area contributed by atoms with Gasteiger partial charge in [-0.3, -0.25) is 9.36 Å². The van der Waals surface area contributed by atoms with E-state index in [1.54, 1.807) is 15.9 Å². The van der Waals surface area contributed by atoms with Gasteiger partial charge in [0.2, 0.25) is 11.7 Å². The molecule has 3 aromatic heterocycles. The Labute approximate surface area is 186 Å². The summed E-state index contributed by atoms with van der Waals surface area (Å²) >= 11 is 2.97. The molecule has 3 heterocycles. The van der Waals surface area contributed by atoms with E-state index in [0.29, 0.717) is 33.5 Å². The second kappa shape index (κ2) is 8.13. The molecule has 0 saturated carbocycles. The van der Waals surface area contributed by atoms with Gasteiger partial charge < -0.3 is 4.52 Å². The summed E-state index contributed by atoms with van der Waals surface area (Å²) in [6, 6.07) is 17.4. The third-order valence-electron chi connectivity index (χ3n) is 4.74. The molecule has 0 atom stereocenters. The van der Waals surface area contributed by atoms with Crippen LogP contribution < -0.4 is 5.56 Å². The van der Waals surface area contributed by atoms with Gasteiger partial charge >= 0.3 is 0 Å². The Bertz CT molecular complexity index is 1420. The molecule has 0 amide bonds. The third kappa shape index (κ3) is 3.92. The molecule has 0 spiro atoms. The number of nitrogens with zero attached hydrogens (tertiary/aromatic N) is 4. The SMILES string of the molecule is Cc1cc(C)cc(-n2c(SCc3nc(-c4cccs4)no3)nc3ccccc3c2=O)c1. The zero-order valence-electron chi connectivity index (χ0n) is 16.9. The first kappa shape index (κ1) is 19.7. The van der Waals surface area contributed by atoms with Crippen molar-refractivity contribution in [3.8, 4) is 16.4 Å². The Morgan fingerprint density at radius 3 is 2.61 bits per heavy atom. The van der Waals surface area contributed by atoms with E-state index in [-0.39, 0.29) is 5.56 Å². The normalized spacial score (nSPS) is 11.3. The van der Waals surface area contributed by atoms with Gasteiger partial charge in [0.25, 0.3) is 5.56 Å². The fourth-order valence-corrected chi connectivity index (χ4v) is 4.96. The molecular formula is C23H18N4O2S2. The molecule has 0 bridgehead atoms. The lowest BCUT2D eigenvalue weighted by Crippen LogP contribution is -2.22. The molecule has 0 fully saturated rings. The van der Waals surface area contributed by atoms with Crippen molar-refractivity contribution >= 4 is 34.0 Å². The summed E-state index contributed by atoms with van der Waals surface area (Å²) < 4.78 is 7.09. The topological polar surface area (TPSA) is 73.8 Å². The van der Waals surface area contributed by atoms with Crippen LogP contribution in [0, 0.1) is 13.8 Å². The molecule has 8 heteroatoms. The van der Waals surface area contributed by atoms with Gasteiger partial charge in [0.1, 0.15) is 0 Å². The lowest BCUT2D eigenvalue weighted by Gasteiger charge is -2.14. The number of fused-ring (bicyclic) bond motifs is 1. The van der Waals surface area contributed by atoms with Crippen molar-refractivity contribution in [3.05, 3.63) is 87.3 Å². The van der Waals surface area contributed by atoms with Crippen molar-refractivity contribution in [2.45, 2.75) is 24.8 Å². The number of thioether (sulfide) groups is 1. The molecule has 5 aromatic rings. The van der Waals surface area contributed by atoms with E-state index in [9.17, 15) is 4.79 Å². The predicted octanol–water partition coefficient (Wildman–Crippen LogP) is 5.41. The highest BCUT2D eigenvalue weighted by Crippen LogP contribution is 2.27. The van der Waals surface area contributed by atoms with Gasteiger partial charge in [-0.25, -0.2) is 4.98 Å².